The fourth-order valence-corrected chi connectivity index (χ4v) is 1.18. The molecule has 3 heteroatoms. The molecule has 0 aliphatic heterocycles. The number of aromatic nitrogens is 1. The molecule has 0 radical (unpaired) electrons. The van der Waals surface area contributed by atoms with Gasteiger partial charge in [-0.25, -0.2) is 0 Å². The van der Waals surface area contributed by atoms with Crippen LogP contribution in [0.4, 0.5) is 0 Å². The van der Waals surface area contributed by atoms with Crippen LogP contribution < -0.4 is 3.53 Å². The molecular formula is C8H11IN2. The molecule has 0 spiro atoms. The molecule has 0 aliphatic rings. The van der Waals surface area contributed by atoms with E-state index >= 15 is 0 Å². The molecule has 1 unspecified atom stereocenters. The molecule has 11 heavy (non-hydrogen) atoms. The smallest absolute Gasteiger partial charge is 0.0581 e. The maximum atomic E-state index is 4.38. The molecular weight excluding hydrogens is 251 g/mol. The van der Waals surface area contributed by atoms with Crippen LogP contribution in [-0.4, -0.2) is 4.98 Å². The summed E-state index contributed by atoms with van der Waals surface area (Å²) in [5.74, 6) is 0. The van der Waals surface area contributed by atoms with Gasteiger partial charge in [0.05, 0.1) is 11.7 Å². The standard InChI is InChI=1S/C8H11IN2/c1-6-4-3-5-8(10-6)7(2)11-9/h3-5,7,11H,1-2H3. The van der Waals surface area contributed by atoms with E-state index < -0.39 is 0 Å². The number of aryl methyl sites for hydroxylation is 1. The van der Waals surface area contributed by atoms with Crippen LogP contribution in [0.5, 0.6) is 0 Å². The molecule has 0 bridgehead atoms. The number of rotatable bonds is 2. The third-order valence-electron chi connectivity index (χ3n) is 1.52. The Kier molecular flexibility index (Phi) is 3.26. The number of halogens is 1. The molecule has 1 aromatic heterocycles. The fraction of sp³-hybridized carbons (Fsp3) is 0.375. The summed E-state index contributed by atoms with van der Waals surface area (Å²) in [6.45, 7) is 4.09. The Morgan fingerprint density at radius 2 is 2.27 bits per heavy atom. The summed E-state index contributed by atoms with van der Waals surface area (Å²) < 4.78 is 3.12. The third kappa shape index (κ3) is 2.41. The lowest BCUT2D eigenvalue weighted by Crippen LogP contribution is -2.08. The minimum Gasteiger partial charge on any atom is -0.257 e. The summed E-state index contributed by atoms with van der Waals surface area (Å²) in [5, 5.41) is 0. The first kappa shape index (κ1) is 8.93. The van der Waals surface area contributed by atoms with Gasteiger partial charge in [-0.15, -0.1) is 0 Å². The van der Waals surface area contributed by atoms with E-state index in [1.807, 2.05) is 25.1 Å². The van der Waals surface area contributed by atoms with E-state index in [9.17, 15) is 0 Å². The van der Waals surface area contributed by atoms with Crippen molar-refractivity contribution >= 4 is 22.9 Å². The molecule has 1 N–H and O–H groups in total. The first-order valence-corrected chi connectivity index (χ1v) is 4.61. The molecule has 0 saturated carbocycles. The summed E-state index contributed by atoms with van der Waals surface area (Å²) in [6, 6.07) is 6.39. The van der Waals surface area contributed by atoms with Crippen molar-refractivity contribution in [3.63, 3.8) is 0 Å². The Bertz CT molecular complexity index is 237. The Hall–Kier alpha value is -0.160. The number of pyridine rings is 1. The summed E-state index contributed by atoms with van der Waals surface area (Å²) in [7, 11) is 0. The summed E-state index contributed by atoms with van der Waals surface area (Å²) in [6.07, 6.45) is 0. The van der Waals surface area contributed by atoms with Gasteiger partial charge in [0.1, 0.15) is 0 Å². The number of hydrogen-bond donors (Lipinski definition) is 1. The second-order valence-corrected chi connectivity index (χ2v) is 3.16. The zero-order valence-electron chi connectivity index (χ0n) is 6.63. The van der Waals surface area contributed by atoms with E-state index in [0.29, 0.717) is 6.04 Å². The molecule has 0 saturated heterocycles. The molecule has 0 fully saturated rings. The van der Waals surface area contributed by atoms with E-state index in [2.05, 4.69) is 38.3 Å². The molecule has 60 valence electrons. The zero-order chi connectivity index (χ0) is 8.27. The Balaban J connectivity index is 2.86. The Morgan fingerprint density at radius 3 is 2.82 bits per heavy atom. The average molecular weight is 262 g/mol. The van der Waals surface area contributed by atoms with Gasteiger partial charge < -0.3 is 0 Å². The molecule has 1 atom stereocenters. The van der Waals surface area contributed by atoms with Crippen molar-refractivity contribution in [1.82, 2.24) is 8.51 Å². The molecule has 0 aromatic carbocycles. The van der Waals surface area contributed by atoms with E-state index in [0.717, 1.165) is 11.4 Å². The quantitative estimate of drug-likeness (QED) is 0.653. The SMILES string of the molecule is Cc1cccc(C(C)NI)n1. The molecule has 1 heterocycles. The Morgan fingerprint density at radius 1 is 1.55 bits per heavy atom. The first-order valence-electron chi connectivity index (χ1n) is 3.53. The van der Waals surface area contributed by atoms with E-state index in [-0.39, 0.29) is 0 Å². The van der Waals surface area contributed by atoms with Gasteiger partial charge in [0.2, 0.25) is 0 Å². The number of nitrogens with zero attached hydrogens (tertiary/aromatic N) is 1. The first-order chi connectivity index (χ1) is 5.24. The minimum absolute atomic E-state index is 0.329. The molecule has 2 nitrogen and oxygen atoms in total. The van der Waals surface area contributed by atoms with Gasteiger partial charge in [-0.3, -0.25) is 8.51 Å². The van der Waals surface area contributed by atoms with E-state index in [1.165, 1.54) is 0 Å². The minimum atomic E-state index is 0.329. The third-order valence-corrected chi connectivity index (χ3v) is 2.45. The predicted octanol–water partition coefficient (Wildman–Crippen LogP) is 2.39. The van der Waals surface area contributed by atoms with Crippen LogP contribution in [-0.2, 0) is 0 Å². The lowest BCUT2D eigenvalue weighted by Gasteiger charge is -2.07. The fourth-order valence-electron chi connectivity index (χ4n) is 0.861. The van der Waals surface area contributed by atoms with E-state index in [4.69, 9.17) is 0 Å². The molecule has 1 rings (SSSR count). The van der Waals surface area contributed by atoms with Crippen molar-refractivity contribution in [2.24, 2.45) is 0 Å². The Labute approximate surface area is 80.9 Å². The van der Waals surface area contributed by atoms with Crippen molar-refractivity contribution in [1.29, 1.82) is 0 Å². The van der Waals surface area contributed by atoms with Gasteiger partial charge in [-0.1, -0.05) is 6.07 Å². The van der Waals surface area contributed by atoms with E-state index in [1.54, 1.807) is 0 Å². The van der Waals surface area contributed by atoms with Gasteiger partial charge >= 0.3 is 0 Å². The zero-order valence-corrected chi connectivity index (χ0v) is 8.79. The lowest BCUT2D eigenvalue weighted by atomic mass is 10.2. The van der Waals surface area contributed by atoms with Crippen LogP contribution in [0.2, 0.25) is 0 Å². The number of hydrogen-bond acceptors (Lipinski definition) is 2. The largest absolute Gasteiger partial charge is 0.257 e. The van der Waals surface area contributed by atoms with Crippen LogP contribution in [0.15, 0.2) is 18.2 Å². The summed E-state index contributed by atoms with van der Waals surface area (Å²) in [5.41, 5.74) is 2.17. The molecule has 1 aromatic rings. The van der Waals surface area contributed by atoms with Crippen LogP contribution in [0, 0.1) is 6.92 Å². The second kappa shape index (κ2) is 4.01. The highest BCUT2D eigenvalue weighted by Gasteiger charge is 2.02. The van der Waals surface area contributed by atoms with Gasteiger partial charge in [-0.05, 0) is 26.0 Å². The van der Waals surface area contributed by atoms with Crippen molar-refractivity contribution < 1.29 is 0 Å². The predicted molar refractivity (Wildman–Crippen MR) is 54.5 cm³/mol. The summed E-state index contributed by atoms with van der Waals surface area (Å²) in [4.78, 5) is 4.38. The summed E-state index contributed by atoms with van der Waals surface area (Å²) >= 11 is 2.14. The van der Waals surface area contributed by atoms with Gasteiger partial charge in [-0.2, -0.15) is 0 Å². The average Bonchev–Trinajstić information content (AvgIpc) is 2.03. The molecule has 0 amide bonds. The van der Waals surface area contributed by atoms with Crippen molar-refractivity contribution in [2.45, 2.75) is 19.9 Å². The topological polar surface area (TPSA) is 24.9 Å². The molecule has 0 aliphatic carbocycles. The second-order valence-electron chi connectivity index (χ2n) is 2.53. The van der Waals surface area contributed by atoms with Gasteiger partial charge in [0.15, 0.2) is 0 Å². The van der Waals surface area contributed by atoms with Crippen LogP contribution in [0.3, 0.4) is 0 Å². The van der Waals surface area contributed by atoms with Crippen LogP contribution in [0.25, 0.3) is 0 Å². The van der Waals surface area contributed by atoms with Crippen molar-refractivity contribution in [3.8, 4) is 0 Å². The van der Waals surface area contributed by atoms with Crippen LogP contribution in [0.1, 0.15) is 24.4 Å². The van der Waals surface area contributed by atoms with Crippen LogP contribution >= 0.6 is 22.9 Å². The highest BCUT2D eigenvalue weighted by molar-refractivity contribution is 14.1. The normalized spacial score (nSPS) is 13.0. The highest BCUT2D eigenvalue weighted by Crippen LogP contribution is 2.10. The lowest BCUT2D eigenvalue weighted by molar-refractivity contribution is 0.742. The maximum Gasteiger partial charge on any atom is 0.0581 e. The van der Waals surface area contributed by atoms with Crippen molar-refractivity contribution in [3.05, 3.63) is 29.6 Å². The number of nitrogens with one attached hydrogen (secondary N) is 1. The maximum absolute atomic E-state index is 4.38. The van der Waals surface area contributed by atoms with Gasteiger partial charge in [0.25, 0.3) is 0 Å². The van der Waals surface area contributed by atoms with Crippen molar-refractivity contribution in [2.75, 3.05) is 0 Å². The highest BCUT2D eigenvalue weighted by atomic mass is 127. The van der Waals surface area contributed by atoms with Gasteiger partial charge in [0, 0.05) is 28.6 Å². The monoisotopic (exact) mass is 262 g/mol.